The smallest absolute Gasteiger partial charge is 0.251 e. The van der Waals surface area contributed by atoms with Crippen molar-refractivity contribution in [1.29, 1.82) is 0 Å². The zero-order chi connectivity index (χ0) is 19.1. The molecule has 1 N–H and O–H groups in total. The Bertz CT molecular complexity index is 717. The Morgan fingerprint density at radius 3 is 2.73 bits per heavy atom. The van der Waals surface area contributed by atoms with E-state index in [0.29, 0.717) is 35.2 Å². The lowest BCUT2D eigenvalue weighted by atomic mass is 10.1. The normalized spacial score (nSPS) is 12.1. The van der Waals surface area contributed by atoms with E-state index < -0.39 is 0 Å². The van der Waals surface area contributed by atoms with E-state index in [4.69, 9.17) is 25.5 Å². The number of nitrogens with one attached hydrogen (secondary N) is 1. The van der Waals surface area contributed by atoms with Crippen molar-refractivity contribution in [3.8, 4) is 11.5 Å². The largest absolute Gasteiger partial charge is 0.493 e. The summed E-state index contributed by atoms with van der Waals surface area (Å²) in [6.07, 6.45) is 2.47. The van der Waals surface area contributed by atoms with Crippen molar-refractivity contribution in [1.82, 2.24) is 10.2 Å². The fourth-order valence-electron chi connectivity index (χ4n) is 2.51. The maximum Gasteiger partial charge on any atom is 0.251 e. The third kappa shape index (κ3) is 4.93. The van der Waals surface area contributed by atoms with E-state index in [2.05, 4.69) is 5.32 Å². The fraction of sp³-hybridized carbons (Fsp3) is 0.421. The Balaban J connectivity index is 2.12. The van der Waals surface area contributed by atoms with Crippen LogP contribution in [-0.2, 0) is 0 Å². The van der Waals surface area contributed by atoms with Crippen molar-refractivity contribution in [2.24, 2.45) is 0 Å². The van der Waals surface area contributed by atoms with Crippen molar-refractivity contribution < 1.29 is 18.7 Å². The minimum Gasteiger partial charge on any atom is -0.493 e. The Kier molecular flexibility index (Phi) is 7.36. The summed E-state index contributed by atoms with van der Waals surface area (Å²) in [5, 5.41) is 3.26. The second-order valence-corrected chi connectivity index (χ2v) is 6.45. The van der Waals surface area contributed by atoms with Gasteiger partial charge < -0.3 is 19.2 Å². The van der Waals surface area contributed by atoms with Crippen LogP contribution in [-0.4, -0.2) is 45.2 Å². The highest BCUT2D eigenvalue weighted by Gasteiger charge is 2.20. The van der Waals surface area contributed by atoms with Crippen LogP contribution >= 0.6 is 11.6 Å². The average Bonchev–Trinajstić information content (AvgIpc) is 3.14. The molecule has 2 aromatic rings. The summed E-state index contributed by atoms with van der Waals surface area (Å²) < 4.78 is 16.4. The first-order valence-corrected chi connectivity index (χ1v) is 8.84. The van der Waals surface area contributed by atoms with Gasteiger partial charge in [0.15, 0.2) is 11.5 Å². The zero-order valence-corrected chi connectivity index (χ0v) is 16.3. The van der Waals surface area contributed by atoms with Crippen LogP contribution in [0.25, 0.3) is 0 Å². The number of likely N-dealkylation sites (N-methyl/N-ethyl adjacent to an activating group) is 1. The highest BCUT2D eigenvalue weighted by Crippen LogP contribution is 2.36. The molecule has 0 fully saturated rings. The number of furan rings is 1. The molecule has 1 atom stereocenters. The lowest BCUT2D eigenvalue weighted by Gasteiger charge is -2.22. The van der Waals surface area contributed by atoms with Gasteiger partial charge in [0.1, 0.15) is 5.76 Å². The maximum absolute atomic E-state index is 12.6. The van der Waals surface area contributed by atoms with E-state index in [0.717, 1.165) is 12.2 Å². The number of benzene rings is 1. The minimum absolute atomic E-state index is 0.0709. The van der Waals surface area contributed by atoms with Gasteiger partial charge in [-0.15, -0.1) is 0 Å². The average molecular weight is 381 g/mol. The molecule has 0 aliphatic rings. The molecule has 1 amide bonds. The summed E-state index contributed by atoms with van der Waals surface area (Å²) in [6.45, 7) is 2.92. The molecule has 6 nitrogen and oxygen atoms in total. The van der Waals surface area contributed by atoms with Gasteiger partial charge in [0, 0.05) is 12.1 Å². The molecule has 0 bridgehead atoms. The quantitative estimate of drug-likeness (QED) is 0.717. The van der Waals surface area contributed by atoms with E-state index in [-0.39, 0.29) is 11.9 Å². The van der Waals surface area contributed by atoms with Crippen molar-refractivity contribution >= 4 is 17.5 Å². The number of carbonyl (C=O) groups is 1. The van der Waals surface area contributed by atoms with Crippen LogP contribution in [0.5, 0.6) is 11.5 Å². The Morgan fingerprint density at radius 1 is 1.38 bits per heavy atom. The molecule has 1 aromatic carbocycles. The number of hydrogen-bond acceptors (Lipinski definition) is 5. The lowest BCUT2D eigenvalue weighted by molar-refractivity contribution is 0.0938. The number of hydrogen-bond donors (Lipinski definition) is 1. The van der Waals surface area contributed by atoms with Crippen LogP contribution in [0, 0.1) is 0 Å². The third-order valence-corrected chi connectivity index (χ3v) is 4.17. The molecule has 0 aliphatic heterocycles. The van der Waals surface area contributed by atoms with Gasteiger partial charge in [-0.05, 0) is 44.8 Å². The van der Waals surface area contributed by atoms with Crippen LogP contribution in [0.15, 0.2) is 34.9 Å². The molecule has 1 unspecified atom stereocenters. The van der Waals surface area contributed by atoms with Gasteiger partial charge >= 0.3 is 0 Å². The summed E-state index contributed by atoms with van der Waals surface area (Å²) in [6, 6.07) is 6.86. The standard InChI is InChI=1S/C19H25ClN2O4/c1-5-8-26-18-14(20)10-13(11-17(18)24-4)19(23)21-12-15(22(2)3)16-7-6-9-25-16/h6-7,9-11,15H,5,8,12H2,1-4H3,(H,21,23). The first-order valence-electron chi connectivity index (χ1n) is 8.46. The number of methoxy groups -OCH3 is 1. The van der Waals surface area contributed by atoms with Gasteiger partial charge in [-0.3, -0.25) is 9.69 Å². The number of halogens is 1. The summed E-state index contributed by atoms with van der Waals surface area (Å²) >= 11 is 6.28. The summed E-state index contributed by atoms with van der Waals surface area (Å²) in [5.74, 6) is 1.43. The van der Waals surface area contributed by atoms with Gasteiger partial charge in [-0.1, -0.05) is 18.5 Å². The van der Waals surface area contributed by atoms with Crippen LogP contribution in [0.1, 0.15) is 35.5 Å². The van der Waals surface area contributed by atoms with Crippen LogP contribution in [0.3, 0.4) is 0 Å². The zero-order valence-electron chi connectivity index (χ0n) is 15.5. The molecule has 0 radical (unpaired) electrons. The molecule has 2 rings (SSSR count). The van der Waals surface area contributed by atoms with Gasteiger partial charge in [-0.2, -0.15) is 0 Å². The van der Waals surface area contributed by atoms with Gasteiger partial charge in [-0.25, -0.2) is 0 Å². The molecule has 0 aliphatic carbocycles. The molecule has 1 heterocycles. The van der Waals surface area contributed by atoms with Crippen molar-refractivity contribution in [2.45, 2.75) is 19.4 Å². The van der Waals surface area contributed by atoms with Crippen molar-refractivity contribution in [3.63, 3.8) is 0 Å². The summed E-state index contributed by atoms with van der Waals surface area (Å²) in [4.78, 5) is 14.6. The minimum atomic E-state index is -0.245. The molecule has 0 spiro atoms. The SMILES string of the molecule is CCCOc1c(Cl)cc(C(=O)NCC(c2ccco2)N(C)C)cc1OC. The highest BCUT2D eigenvalue weighted by molar-refractivity contribution is 6.32. The predicted molar refractivity (Wildman–Crippen MR) is 101 cm³/mol. The van der Waals surface area contributed by atoms with Crippen LogP contribution in [0.2, 0.25) is 5.02 Å². The fourth-order valence-corrected chi connectivity index (χ4v) is 2.77. The topological polar surface area (TPSA) is 63.9 Å². The first kappa shape index (κ1) is 20.1. The van der Waals surface area contributed by atoms with Crippen molar-refractivity contribution in [3.05, 3.63) is 46.9 Å². The van der Waals surface area contributed by atoms with Crippen LogP contribution < -0.4 is 14.8 Å². The second-order valence-electron chi connectivity index (χ2n) is 6.04. The maximum atomic E-state index is 12.6. The summed E-state index contributed by atoms with van der Waals surface area (Å²) in [5.41, 5.74) is 0.410. The van der Waals surface area contributed by atoms with E-state index in [1.807, 2.05) is 38.1 Å². The molecule has 26 heavy (non-hydrogen) atoms. The molecule has 7 heteroatoms. The second kappa shape index (κ2) is 9.50. The Morgan fingerprint density at radius 2 is 2.15 bits per heavy atom. The monoisotopic (exact) mass is 380 g/mol. The molecular weight excluding hydrogens is 356 g/mol. The molecule has 1 aromatic heterocycles. The van der Waals surface area contributed by atoms with E-state index >= 15 is 0 Å². The molecular formula is C19H25ClN2O4. The number of ether oxygens (including phenoxy) is 2. The number of amides is 1. The van der Waals surface area contributed by atoms with Crippen LogP contribution in [0.4, 0.5) is 0 Å². The van der Waals surface area contributed by atoms with E-state index in [1.54, 1.807) is 18.4 Å². The van der Waals surface area contributed by atoms with Gasteiger partial charge in [0.05, 0.1) is 31.0 Å². The summed E-state index contributed by atoms with van der Waals surface area (Å²) in [7, 11) is 5.38. The number of rotatable bonds is 9. The van der Waals surface area contributed by atoms with E-state index in [9.17, 15) is 4.79 Å². The highest BCUT2D eigenvalue weighted by atomic mass is 35.5. The molecule has 142 valence electrons. The van der Waals surface area contributed by atoms with Gasteiger partial charge in [0.25, 0.3) is 5.91 Å². The van der Waals surface area contributed by atoms with E-state index in [1.165, 1.54) is 7.11 Å². The Labute approximate surface area is 159 Å². The van der Waals surface area contributed by atoms with Gasteiger partial charge in [0.2, 0.25) is 0 Å². The number of nitrogens with zero attached hydrogens (tertiary/aromatic N) is 1. The Hall–Kier alpha value is -2.18. The molecule has 0 saturated heterocycles. The van der Waals surface area contributed by atoms with Crippen molar-refractivity contribution in [2.75, 3.05) is 34.4 Å². The third-order valence-electron chi connectivity index (χ3n) is 3.89. The molecule has 0 saturated carbocycles. The first-order chi connectivity index (χ1) is 12.5. The predicted octanol–water partition coefficient (Wildman–Crippen LogP) is 3.76. The number of carbonyl (C=O) groups excluding carboxylic acids is 1. The lowest BCUT2D eigenvalue weighted by Crippen LogP contribution is -2.34.